The van der Waals surface area contributed by atoms with Crippen LogP contribution in [-0.4, -0.2) is 82.5 Å². The average Bonchev–Trinajstić information content (AvgIpc) is 2.79. The summed E-state index contributed by atoms with van der Waals surface area (Å²) in [4.78, 5) is 11.7. The molecule has 0 rings (SSSR count). The van der Waals surface area contributed by atoms with E-state index in [0.29, 0.717) is 10.5 Å². The number of unbranched alkanes of at least 4 members (excludes halogenated alkanes) is 3. The number of ketones is 1. The number of carbonyl (C=O) groups is 1. The van der Waals surface area contributed by atoms with Crippen LogP contribution in [0.15, 0.2) is 0 Å². The van der Waals surface area contributed by atoms with Crippen molar-refractivity contribution in [3.05, 3.63) is 0 Å². The van der Waals surface area contributed by atoms with Gasteiger partial charge in [0.2, 0.25) is 0 Å². The quantitative estimate of drug-likeness (QED) is 0.0785. The molecule has 0 aromatic heterocycles. The molecule has 1 atom stereocenters. The van der Waals surface area contributed by atoms with Gasteiger partial charge in [-0.2, -0.15) is 74.6 Å². The second-order valence-corrected chi connectivity index (χ2v) is 14.4. The van der Waals surface area contributed by atoms with Crippen molar-refractivity contribution in [3.63, 3.8) is 0 Å². The third-order valence-corrected chi connectivity index (χ3v) is 9.47. The van der Waals surface area contributed by atoms with Crippen LogP contribution >= 0.6 is 0 Å². The zero-order chi connectivity index (χ0) is 36.4. The molecule has 0 saturated carbocycles. The number of carbonyl (C=O) groups excluding carboxylic acids is 1. The Morgan fingerprint density at radius 3 is 1.25 bits per heavy atom. The standard InChI is InChI=1S/C13H27OS.C8HF17O3S/c1-6-7-8-9-10-12(14)11-15(5)13(2,3)4;9-1(10,3(13,14)5(17,18)7(21,22)23)2(11,12)4(15,16)6(19,20)8(24,25)29(26,27)28/h6-11H2,1-5H3;(H,26,27,28)/q+1;/p-1. The summed E-state index contributed by atoms with van der Waals surface area (Å²) >= 11 is 0. The predicted octanol–water partition coefficient (Wildman–Crippen LogP) is 8.07. The molecule has 0 amide bonds. The normalized spacial score (nSPS) is 15.9. The second-order valence-electron chi connectivity index (χ2n) is 10.2. The first-order valence-electron chi connectivity index (χ1n) is 11.7. The molecule has 4 nitrogen and oxygen atoms in total. The molecule has 0 bridgehead atoms. The van der Waals surface area contributed by atoms with Crippen LogP contribution in [0.25, 0.3) is 0 Å². The molecule has 0 radical (unpaired) electrons. The van der Waals surface area contributed by atoms with E-state index in [0.717, 1.165) is 18.6 Å². The fourth-order valence-electron chi connectivity index (χ4n) is 2.59. The topological polar surface area (TPSA) is 74.3 Å². The van der Waals surface area contributed by atoms with Crippen molar-refractivity contribution < 1.29 is 92.4 Å². The van der Waals surface area contributed by atoms with E-state index in [4.69, 9.17) is 0 Å². The Morgan fingerprint density at radius 2 is 0.955 bits per heavy atom. The average molecular weight is 731 g/mol. The lowest BCUT2D eigenvalue weighted by atomic mass is 9.91. The van der Waals surface area contributed by atoms with Crippen LogP contribution in [0.4, 0.5) is 74.6 Å². The largest absolute Gasteiger partial charge is 0.743 e. The SMILES string of the molecule is CCCCCCC(=O)C[S+](C)C(C)(C)C.O=S(=O)([O-])C(F)(F)C(F)(F)C(F)(F)C(F)(F)C(F)(F)C(F)(F)C(F)(F)C(F)(F)F. The summed E-state index contributed by atoms with van der Waals surface area (Å²) in [5, 5.41) is -7.95. The molecule has 0 aliphatic heterocycles. The number of alkyl halides is 17. The lowest BCUT2D eigenvalue weighted by Gasteiger charge is -2.42. The molecule has 1 unspecified atom stereocenters. The summed E-state index contributed by atoms with van der Waals surface area (Å²) < 4.78 is 244. The van der Waals surface area contributed by atoms with E-state index in [1.807, 2.05) is 0 Å². The van der Waals surface area contributed by atoms with Crippen LogP contribution in [0.3, 0.4) is 0 Å². The number of rotatable bonds is 14. The minimum absolute atomic E-state index is 0.226. The van der Waals surface area contributed by atoms with Gasteiger partial charge in [0.15, 0.2) is 21.7 Å². The molecular weight excluding hydrogens is 703 g/mol. The van der Waals surface area contributed by atoms with Crippen molar-refractivity contribution >= 4 is 26.8 Å². The zero-order valence-electron chi connectivity index (χ0n) is 23.1. The van der Waals surface area contributed by atoms with Gasteiger partial charge in [-0.15, -0.1) is 0 Å². The predicted molar refractivity (Wildman–Crippen MR) is 122 cm³/mol. The highest BCUT2D eigenvalue weighted by atomic mass is 32.2. The van der Waals surface area contributed by atoms with Gasteiger partial charge < -0.3 is 4.55 Å². The van der Waals surface area contributed by atoms with Crippen LogP contribution in [-0.2, 0) is 25.8 Å². The summed E-state index contributed by atoms with van der Waals surface area (Å²) in [5.41, 5.74) is 0. The summed E-state index contributed by atoms with van der Waals surface area (Å²) in [7, 11) is -7.92. The van der Waals surface area contributed by atoms with Gasteiger partial charge in [-0.1, -0.05) is 26.2 Å². The maximum atomic E-state index is 13.0. The van der Waals surface area contributed by atoms with Gasteiger partial charge >= 0.3 is 47.0 Å². The van der Waals surface area contributed by atoms with Crippen LogP contribution in [0.1, 0.15) is 59.8 Å². The highest BCUT2D eigenvalue weighted by Gasteiger charge is 2.95. The summed E-state index contributed by atoms with van der Waals surface area (Å²) in [6.45, 7) is 8.87. The molecule has 0 spiro atoms. The number of hydrogen-bond donors (Lipinski definition) is 0. The van der Waals surface area contributed by atoms with Gasteiger partial charge in [-0.05, 0) is 38.1 Å². The Morgan fingerprint density at radius 1 is 0.614 bits per heavy atom. The lowest BCUT2D eigenvalue weighted by Crippen LogP contribution is -2.75. The van der Waals surface area contributed by atoms with Crippen LogP contribution in [0.2, 0.25) is 0 Å². The van der Waals surface area contributed by atoms with Crippen LogP contribution < -0.4 is 0 Å². The third-order valence-electron chi connectivity index (χ3n) is 5.74. The van der Waals surface area contributed by atoms with E-state index in [9.17, 15) is 92.4 Å². The highest BCUT2D eigenvalue weighted by Crippen LogP contribution is 2.64. The maximum Gasteiger partial charge on any atom is 0.460 e. The number of halogens is 17. The van der Waals surface area contributed by atoms with Gasteiger partial charge in [-0.25, -0.2) is 8.42 Å². The van der Waals surface area contributed by atoms with Crippen molar-refractivity contribution in [2.45, 2.75) is 112 Å². The molecular formula is C21H27F17O4S2. The molecule has 0 aliphatic carbocycles. The van der Waals surface area contributed by atoms with Crippen molar-refractivity contribution in [2.75, 3.05) is 12.0 Å². The van der Waals surface area contributed by atoms with Crippen molar-refractivity contribution in [2.24, 2.45) is 0 Å². The number of hydrogen-bond acceptors (Lipinski definition) is 4. The highest BCUT2D eigenvalue weighted by molar-refractivity contribution is 7.98. The van der Waals surface area contributed by atoms with E-state index in [1.54, 1.807) is 0 Å². The maximum absolute atomic E-state index is 13.0. The smallest absolute Gasteiger partial charge is 0.460 e. The molecule has 0 aromatic carbocycles. The molecule has 266 valence electrons. The summed E-state index contributed by atoms with van der Waals surface area (Å²) in [6.07, 6.45) is -0.0601. The van der Waals surface area contributed by atoms with Crippen LogP contribution in [0.5, 0.6) is 0 Å². The van der Waals surface area contributed by atoms with Crippen LogP contribution in [0, 0.1) is 0 Å². The first-order valence-corrected chi connectivity index (χ1v) is 14.9. The Bertz CT molecular complexity index is 1070. The molecule has 0 aliphatic rings. The van der Waals surface area contributed by atoms with Gasteiger partial charge in [-0.3, -0.25) is 4.79 Å². The molecule has 0 aromatic rings. The molecule has 0 fully saturated rings. The summed E-state index contributed by atoms with van der Waals surface area (Å²) in [5.74, 6) is -50.9. The Balaban J connectivity index is 0. The Hall–Kier alpha value is -1.26. The Labute approximate surface area is 243 Å². The van der Waals surface area contributed by atoms with Gasteiger partial charge in [0.05, 0.1) is 6.26 Å². The lowest BCUT2D eigenvalue weighted by molar-refractivity contribution is -0.458. The molecule has 0 heterocycles. The fraction of sp³-hybridized carbons (Fsp3) is 0.952. The van der Waals surface area contributed by atoms with E-state index >= 15 is 0 Å². The van der Waals surface area contributed by atoms with Crippen molar-refractivity contribution in [1.82, 2.24) is 0 Å². The van der Waals surface area contributed by atoms with Crippen molar-refractivity contribution in [3.8, 4) is 0 Å². The third kappa shape index (κ3) is 8.55. The van der Waals surface area contributed by atoms with Gasteiger partial charge in [0, 0.05) is 6.42 Å². The molecule has 0 N–H and O–H groups in total. The van der Waals surface area contributed by atoms with E-state index in [-0.39, 0.29) is 10.9 Å². The first-order chi connectivity index (χ1) is 18.9. The van der Waals surface area contributed by atoms with E-state index < -0.39 is 57.1 Å². The Kier molecular flexibility index (Phi) is 14.1. The molecule has 23 heteroatoms. The fourth-order valence-corrected chi connectivity index (χ4v) is 4.09. The summed E-state index contributed by atoms with van der Waals surface area (Å²) in [6, 6.07) is 0. The van der Waals surface area contributed by atoms with Gasteiger partial charge in [0.25, 0.3) is 0 Å². The van der Waals surface area contributed by atoms with E-state index in [1.165, 1.54) is 19.3 Å². The van der Waals surface area contributed by atoms with E-state index in [2.05, 4.69) is 34.0 Å². The molecule has 0 saturated heterocycles. The minimum Gasteiger partial charge on any atom is -0.743 e. The van der Waals surface area contributed by atoms with Crippen molar-refractivity contribution in [1.29, 1.82) is 0 Å². The zero-order valence-corrected chi connectivity index (χ0v) is 24.8. The monoisotopic (exact) mass is 730 g/mol. The minimum atomic E-state index is -8.92. The van der Waals surface area contributed by atoms with Gasteiger partial charge in [0.1, 0.15) is 4.75 Å². The first kappa shape index (κ1) is 44.9. The number of Topliss-reactive ketones (excluding diaryl/α,β-unsaturated/α-hetero) is 1. The molecule has 44 heavy (non-hydrogen) atoms. The second kappa shape index (κ2) is 13.8.